The Morgan fingerprint density at radius 2 is 2.05 bits per heavy atom. The maximum atomic E-state index is 8.87. The summed E-state index contributed by atoms with van der Waals surface area (Å²) in [5.74, 6) is 1.64. The number of rotatable bonds is 3. The fourth-order valence-electron chi connectivity index (χ4n) is 1.69. The van der Waals surface area contributed by atoms with Gasteiger partial charge in [-0.05, 0) is 17.7 Å². The predicted molar refractivity (Wildman–Crippen MR) is 63.6 cm³/mol. The average molecular weight is 255 g/mol. The molecule has 19 heavy (non-hydrogen) atoms. The van der Waals surface area contributed by atoms with Crippen LogP contribution in [0.25, 0.3) is 0 Å². The van der Waals surface area contributed by atoms with Gasteiger partial charge in [0.25, 0.3) is 5.88 Å². The fraction of sp³-hybridized carbons (Fsp3) is 0.154. The fourth-order valence-corrected chi connectivity index (χ4v) is 1.69. The number of hydrogen-bond acceptors (Lipinski definition) is 6. The Morgan fingerprint density at radius 1 is 1.21 bits per heavy atom. The summed E-state index contributed by atoms with van der Waals surface area (Å²) < 4.78 is 16.0. The highest BCUT2D eigenvalue weighted by atomic mass is 16.7. The lowest BCUT2D eigenvalue weighted by molar-refractivity contribution is 0.174. The first kappa shape index (κ1) is 11.3. The van der Waals surface area contributed by atoms with E-state index in [9.17, 15) is 0 Å². The van der Waals surface area contributed by atoms with Crippen LogP contribution < -0.4 is 14.2 Å². The molecule has 0 saturated carbocycles. The normalized spacial score (nSPS) is 11.9. The molecule has 0 fully saturated rings. The molecule has 2 aromatic rings. The zero-order valence-corrected chi connectivity index (χ0v) is 9.87. The molecule has 1 aliphatic rings. The Morgan fingerprint density at radius 3 is 2.95 bits per heavy atom. The summed E-state index contributed by atoms with van der Waals surface area (Å²) >= 11 is 0. The molecule has 6 nitrogen and oxygen atoms in total. The van der Waals surface area contributed by atoms with Crippen molar-refractivity contribution in [3.8, 4) is 23.4 Å². The van der Waals surface area contributed by atoms with Crippen LogP contribution in [0.15, 0.2) is 30.6 Å². The molecule has 3 rings (SSSR count). The molecule has 0 amide bonds. The van der Waals surface area contributed by atoms with Crippen LogP contribution in [0.5, 0.6) is 17.4 Å². The molecule has 0 N–H and O–H groups in total. The van der Waals surface area contributed by atoms with E-state index in [0.717, 1.165) is 11.3 Å². The molecule has 0 unspecified atom stereocenters. The molecule has 6 heteroatoms. The van der Waals surface area contributed by atoms with Gasteiger partial charge in [0.2, 0.25) is 12.5 Å². The van der Waals surface area contributed by atoms with Gasteiger partial charge in [-0.15, -0.1) is 0 Å². The maximum absolute atomic E-state index is 8.87. The van der Waals surface area contributed by atoms with Crippen LogP contribution in [0.2, 0.25) is 0 Å². The molecule has 1 aromatic carbocycles. The number of ether oxygens (including phenoxy) is 3. The molecule has 0 saturated heterocycles. The van der Waals surface area contributed by atoms with Crippen molar-refractivity contribution >= 4 is 0 Å². The van der Waals surface area contributed by atoms with Gasteiger partial charge in [0, 0.05) is 12.4 Å². The number of aromatic nitrogens is 2. The molecule has 2 heterocycles. The lowest BCUT2D eigenvalue weighted by Gasteiger charge is -2.06. The van der Waals surface area contributed by atoms with E-state index in [4.69, 9.17) is 19.5 Å². The zero-order valence-electron chi connectivity index (χ0n) is 9.87. The van der Waals surface area contributed by atoms with Crippen molar-refractivity contribution in [2.45, 2.75) is 6.61 Å². The van der Waals surface area contributed by atoms with Gasteiger partial charge in [-0.25, -0.2) is 9.97 Å². The standard InChI is InChI=1S/C13H9N3O3/c14-6-10-13(16-4-3-15-10)17-7-9-1-2-11-12(5-9)19-8-18-11/h1-5H,7-8H2. The van der Waals surface area contributed by atoms with E-state index in [0.29, 0.717) is 5.75 Å². The first-order valence-electron chi connectivity index (χ1n) is 5.59. The second-order valence-electron chi connectivity index (χ2n) is 3.80. The monoisotopic (exact) mass is 255 g/mol. The van der Waals surface area contributed by atoms with E-state index < -0.39 is 0 Å². The second-order valence-corrected chi connectivity index (χ2v) is 3.80. The van der Waals surface area contributed by atoms with Crippen LogP contribution in [0.1, 0.15) is 11.3 Å². The molecule has 0 radical (unpaired) electrons. The number of fused-ring (bicyclic) bond motifs is 1. The molecule has 1 aliphatic heterocycles. The Labute approximate surface area is 109 Å². The molecule has 0 aliphatic carbocycles. The van der Waals surface area contributed by atoms with Crippen molar-refractivity contribution in [1.29, 1.82) is 5.26 Å². The summed E-state index contributed by atoms with van der Waals surface area (Å²) in [7, 11) is 0. The van der Waals surface area contributed by atoms with Crippen molar-refractivity contribution in [2.75, 3.05) is 6.79 Å². The molecule has 0 atom stereocenters. The van der Waals surface area contributed by atoms with Crippen molar-refractivity contribution in [1.82, 2.24) is 9.97 Å². The van der Waals surface area contributed by atoms with Gasteiger partial charge < -0.3 is 14.2 Å². The largest absolute Gasteiger partial charge is 0.471 e. The van der Waals surface area contributed by atoms with Gasteiger partial charge in [-0.1, -0.05) is 6.07 Å². The van der Waals surface area contributed by atoms with Gasteiger partial charge in [0.15, 0.2) is 11.5 Å². The van der Waals surface area contributed by atoms with Gasteiger partial charge in [-0.2, -0.15) is 5.26 Å². The summed E-state index contributed by atoms with van der Waals surface area (Å²) in [5, 5.41) is 8.87. The van der Waals surface area contributed by atoms with Crippen LogP contribution in [0.4, 0.5) is 0 Å². The van der Waals surface area contributed by atoms with Gasteiger partial charge >= 0.3 is 0 Å². The van der Waals surface area contributed by atoms with Crippen LogP contribution in [-0.4, -0.2) is 16.8 Å². The minimum atomic E-state index is 0.170. The maximum Gasteiger partial charge on any atom is 0.251 e. The van der Waals surface area contributed by atoms with Crippen molar-refractivity contribution in [2.24, 2.45) is 0 Å². The first-order chi connectivity index (χ1) is 9.36. The summed E-state index contributed by atoms with van der Waals surface area (Å²) in [4.78, 5) is 7.85. The third-order valence-electron chi connectivity index (χ3n) is 2.58. The Balaban J connectivity index is 1.74. The lowest BCUT2D eigenvalue weighted by Crippen LogP contribution is -2.00. The van der Waals surface area contributed by atoms with Crippen molar-refractivity contribution in [3.63, 3.8) is 0 Å². The van der Waals surface area contributed by atoms with Crippen LogP contribution in [0.3, 0.4) is 0 Å². The molecule has 0 bridgehead atoms. The van der Waals surface area contributed by atoms with Crippen LogP contribution in [0, 0.1) is 11.3 Å². The van der Waals surface area contributed by atoms with Gasteiger partial charge in [0.1, 0.15) is 12.7 Å². The minimum absolute atomic E-state index is 0.170. The molecule has 94 valence electrons. The van der Waals surface area contributed by atoms with E-state index in [-0.39, 0.29) is 25.0 Å². The topological polar surface area (TPSA) is 77.3 Å². The number of nitriles is 1. The average Bonchev–Trinajstić information content (AvgIpc) is 2.93. The van der Waals surface area contributed by atoms with E-state index in [2.05, 4.69) is 9.97 Å². The smallest absolute Gasteiger partial charge is 0.251 e. The second kappa shape index (κ2) is 4.82. The summed E-state index contributed by atoms with van der Waals surface area (Å²) in [6.07, 6.45) is 2.93. The number of hydrogen-bond donors (Lipinski definition) is 0. The van der Waals surface area contributed by atoms with Crippen LogP contribution in [-0.2, 0) is 6.61 Å². The zero-order chi connectivity index (χ0) is 13.1. The Kier molecular flexibility index (Phi) is 2.86. The van der Waals surface area contributed by atoms with E-state index in [1.165, 1.54) is 12.4 Å². The van der Waals surface area contributed by atoms with Crippen molar-refractivity contribution in [3.05, 3.63) is 41.9 Å². The molecular weight excluding hydrogens is 246 g/mol. The third-order valence-corrected chi connectivity index (χ3v) is 2.58. The minimum Gasteiger partial charge on any atom is -0.471 e. The third kappa shape index (κ3) is 2.26. The van der Waals surface area contributed by atoms with Crippen LogP contribution >= 0.6 is 0 Å². The number of benzene rings is 1. The van der Waals surface area contributed by atoms with E-state index >= 15 is 0 Å². The lowest BCUT2D eigenvalue weighted by atomic mass is 10.2. The quantitative estimate of drug-likeness (QED) is 0.830. The van der Waals surface area contributed by atoms with E-state index in [1.54, 1.807) is 0 Å². The highest BCUT2D eigenvalue weighted by Gasteiger charge is 2.13. The first-order valence-corrected chi connectivity index (χ1v) is 5.59. The highest BCUT2D eigenvalue weighted by Crippen LogP contribution is 2.32. The summed E-state index contributed by atoms with van der Waals surface area (Å²) in [6, 6.07) is 7.46. The molecule has 1 aromatic heterocycles. The summed E-state index contributed by atoms with van der Waals surface area (Å²) in [6.45, 7) is 0.520. The highest BCUT2D eigenvalue weighted by molar-refractivity contribution is 5.44. The van der Waals surface area contributed by atoms with Crippen molar-refractivity contribution < 1.29 is 14.2 Å². The van der Waals surface area contributed by atoms with Gasteiger partial charge in [-0.3, -0.25) is 0 Å². The molecule has 0 spiro atoms. The Bertz CT molecular complexity index is 652. The predicted octanol–water partition coefficient (Wildman–Crippen LogP) is 1.66. The van der Waals surface area contributed by atoms with Gasteiger partial charge in [0.05, 0.1) is 0 Å². The van der Waals surface area contributed by atoms with E-state index in [1.807, 2.05) is 24.3 Å². The SMILES string of the molecule is N#Cc1nccnc1OCc1ccc2c(c1)OCO2. The number of nitrogens with zero attached hydrogens (tertiary/aromatic N) is 3. The molecular formula is C13H9N3O3. The Hall–Kier alpha value is -2.81. The summed E-state index contributed by atoms with van der Waals surface area (Å²) in [5.41, 5.74) is 1.07.